The Labute approximate surface area is 95.6 Å². The molecule has 1 fully saturated rings. The van der Waals surface area contributed by atoms with E-state index in [9.17, 15) is 4.79 Å². The molecule has 1 aromatic rings. The van der Waals surface area contributed by atoms with Gasteiger partial charge in [0.25, 0.3) is 0 Å². The van der Waals surface area contributed by atoms with Gasteiger partial charge in [-0.2, -0.15) is 0 Å². The summed E-state index contributed by atoms with van der Waals surface area (Å²) in [7, 11) is 0. The van der Waals surface area contributed by atoms with Crippen molar-refractivity contribution in [1.29, 1.82) is 0 Å². The van der Waals surface area contributed by atoms with Crippen molar-refractivity contribution in [3.63, 3.8) is 0 Å². The van der Waals surface area contributed by atoms with Gasteiger partial charge in [-0.3, -0.25) is 4.79 Å². The van der Waals surface area contributed by atoms with E-state index in [1.807, 2.05) is 24.3 Å². The van der Waals surface area contributed by atoms with E-state index < -0.39 is 0 Å². The van der Waals surface area contributed by atoms with Gasteiger partial charge in [-0.15, -0.1) is 6.58 Å². The number of anilines is 2. The third kappa shape index (κ3) is 2.08. The highest BCUT2D eigenvalue weighted by atomic mass is 16.2. The molecule has 1 amide bonds. The monoisotopic (exact) mass is 216 g/mol. The maximum Gasteiger partial charge on any atom is 0.230 e. The molecule has 2 rings (SSSR count). The maximum atomic E-state index is 12.1. The minimum atomic E-state index is 0.165. The van der Waals surface area contributed by atoms with Crippen molar-refractivity contribution in [3.8, 4) is 0 Å². The lowest BCUT2D eigenvalue weighted by Gasteiger charge is -2.22. The van der Waals surface area contributed by atoms with Crippen LogP contribution in [-0.4, -0.2) is 12.5 Å². The Morgan fingerprint density at radius 2 is 2.19 bits per heavy atom. The number of carbonyl (C=O) groups excluding carboxylic acids is 1. The van der Waals surface area contributed by atoms with Crippen LogP contribution in [0.15, 0.2) is 36.9 Å². The number of amides is 1. The van der Waals surface area contributed by atoms with E-state index in [2.05, 4.69) is 6.58 Å². The minimum Gasteiger partial charge on any atom is -0.397 e. The molecule has 0 spiro atoms. The molecule has 0 radical (unpaired) electrons. The van der Waals surface area contributed by atoms with E-state index in [-0.39, 0.29) is 11.8 Å². The van der Waals surface area contributed by atoms with Crippen LogP contribution in [0, 0.1) is 5.92 Å². The third-order valence-corrected chi connectivity index (χ3v) is 2.73. The van der Waals surface area contributed by atoms with E-state index in [1.165, 1.54) is 0 Å². The van der Waals surface area contributed by atoms with Crippen molar-refractivity contribution in [2.45, 2.75) is 12.8 Å². The van der Waals surface area contributed by atoms with Crippen molar-refractivity contribution in [2.24, 2.45) is 5.92 Å². The largest absolute Gasteiger partial charge is 0.397 e. The standard InChI is InChI=1S/C13H16N2O/c1-2-9-15(13(16)10-7-8-10)12-6-4-3-5-11(12)14/h2-6,10H,1,7-9,14H2. The van der Waals surface area contributed by atoms with Crippen molar-refractivity contribution in [1.82, 2.24) is 0 Å². The summed E-state index contributed by atoms with van der Waals surface area (Å²) in [6.45, 7) is 4.20. The van der Waals surface area contributed by atoms with Gasteiger partial charge < -0.3 is 10.6 Å². The van der Waals surface area contributed by atoms with Crippen LogP contribution in [-0.2, 0) is 4.79 Å². The molecule has 0 heterocycles. The van der Waals surface area contributed by atoms with Gasteiger partial charge in [-0.05, 0) is 25.0 Å². The first kappa shape index (κ1) is 10.7. The van der Waals surface area contributed by atoms with Crippen molar-refractivity contribution in [2.75, 3.05) is 17.2 Å². The van der Waals surface area contributed by atoms with Crippen LogP contribution < -0.4 is 10.6 Å². The second-order valence-corrected chi connectivity index (χ2v) is 4.07. The molecule has 3 heteroatoms. The third-order valence-electron chi connectivity index (χ3n) is 2.73. The Morgan fingerprint density at radius 1 is 1.50 bits per heavy atom. The molecule has 0 aromatic heterocycles. The molecule has 16 heavy (non-hydrogen) atoms. The first-order valence-corrected chi connectivity index (χ1v) is 5.51. The zero-order valence-corrected chi connectivity index (χ0v) is 9.23. The van der Waals surface area contributed by atoms with Crippen LogP contribution in [0.4, 0.5) is 11.4 Å². The number of benzene rings is 1. The summed E-state index contributed by atoms with van der Waals surface area (Å²) in [5, 5.41) is 0. The van der Waals surface area contributed by atoms with E-state index in [0.717, 1.165) is 18.5 Å². The van der Waals surface area contributed by atoms with Crippen LogP contribution in [0.5, 0.6) is 0 Å². The van der Waals surface area contributed by atoms with Gasteiger partial charge in [0, 0.05) is 12.5 Å². The van der Waals surface area contributed by atoms with E-state index in [1.54, 1.807) is 11.0 Å². The van der Waals surface area contributed by atoms with Crippen LogP contribution in [0.25, 0.3) is 0 Å². The molecule has 2 N–H and O–H groups in total. The molecule has 1 saturated carbocycles. The number of hydrogen-bond acceptors (Lipinski definition) is 2. The van der Waals surface area contributed by atoms with Crippen molar-refractivity contribution in [3.05, 3.63) is 36.9 Å². The van der Waals surface area contributed by atoms with Crippen molar-refractivity contribution >= 4 is 17.3 Å². The summed E-state index contributed by atoms with van der Waals surface area (Å²) >= 11 is 0. The molecule has 0 bridgehead atoms. The predicted octanol–water partition coefficient (Wildman–Crippen LogP) is 2.20. The number of nitrogens with two attached hydrogens (primary N) is 1. The molecule has 3 nitrogen and oxygen atoms in total. The first-order valence-electron chi connectivity index (χ1n) is 5.51. The zero-order valence-electron chi connectivity index (χ0n) is 9.23. The molecule has 1 aliphatic carbocycles. The predicted molar refractivity (Wildman–Crippen MR) is 66.1 cm³/mol. The normalized spacial score (nSPS) is 14.5. The molecule has 1 aliphatic rings. The second-order valence-electron chi connectivity index (χ2n) is 4.07. The molecular formula is C13H16N2O. The average molecular weight is 216 g/mol. The molecule has 0 unspecified atom stereocenters. The van der Waals surface area contributed by atoms with E-state index >= 15 is 0 Å². The minimum absolute atomic E-state index is 0.165. The Hall–Kier alpha value is -1.77. The number of nitrogens with zero attached hydrogens (tertiary/aromatic N) is 1. The smallest absolute Gasteiger partial charge is 0.230 e. The van der Waals surface area contributed by atoms with Gasteiger partial charge in [-0.1, -0.05) is 18.2 Å². The topological polar surface area (TPSA) is 46.3 Å². The Balaban J connectivity index is 2.27. The summed E-state index contributed by atoms with van der Waals surface area (Å²) in [4.78, 5) is 13.8. The fraction of sp³-hybridized carbons (Fsp3) is 0.308. The average Bonchev–Trinajstić information content (AvgIpc) is 3.10. The van der Waals surface area contributed by atoms with E-state index in [4.69, 9.17) is 5.73 Å². The second kappa shape index (κ2) is 4.39. The molecule has 1 aromatic carbocycles. The Bertz CT molecular complexity index is 410. The maximum absolute atomic E-state index is 12.1. The molecule has 84 valence electrons. The number of rotatable bonds is 4. The van der Waals surface area contributed by atoms with Crippen LogP contribution in [0.1, 0.15) is 12.8 Å². The van der Waals surface area contributed by atoms with Gasteiger partial charge in [0.05, 0.1) is 11.4 Å². The highest BCUT2D eigenvalue weighted by molar-refractivity contribution is 5.99. The van der Waals surface area contributed by atoms with Crippen LogP contribution >= 0.6 is 0 Å². The van der Waals surface area contributed by atoms with Crippen molar-refractivity contribution < 1.29 is 4.79 Å². The zero-order chi connectivity index (χ0) is 11.5. The van der Waals surface area contributed by atoms with Gasteiger partial charge in [0.15, 0.2) is 0 Å². The summed E-state index contributed by atoms with van der Waals surface area (Å²) in [5.41, 5.74) is 7.31. The molecule has 0 atom stereocenters. The number of carbonyl (C=O) groups is 1. The molecular weight excluding hydrogens is 200 g/mol. The quantitative estimate of drug-likeness (QED) is 0.619. The Kier molecular flexibility index (Phi) is 2.95. The van der Waals surface area contributed by atoms with Crippen LogP contribution in [0.3, 0.4) is 0 Å². The summed E-state index contributed by atoms with van der Waals surface area (Å²) < 4.78 is 0. The van der Waals surface area contributed by atoms with E-state index in [0.29, 0.717) is 12.2 Å². The van der Waals surface area contributed by atoms with Crippen LogP contribution in [0.2, 0.25) is 0 Å². The fourth-order valence-corrected chi connectivity index (χ4v) is 1.72. The van der Waals surface area contributed by atoms with Gasteiger partial charge >= 0.3 is 0 Å². The SMILES string of the molecule is C=CCN(C(=O)C1CC1)c1ccccc1N. The number of nitrogen functional groups attached to an aromatic ring is 1. The van der Waals surface area contributed by atoms with Gasteiger partial charge in [0.2, 0.25) is 5.91 Å². The van der Waals surface area contributed by atoms with Gasteiger partial charge in [-0.25, -0.2) is 0 Å². The first-order chi connectivity index (χ1) is 7.74. The summed E-state index contributed by atoms with van der Waals surface area (Å²) in [5.74, 6) is 0.359. The fourth-order valence-electron chi connectivity index (χ4n) is 1.72. The molecule has 0 aliphatic heterocycles. The lowest BCUT2D eigenvalue weighted by Crippen LogP contribution is -2.32. The summed E-state index contributed by atoms with van der Waals surface area (Å²) in [6, 6.07) is 7.44. The highest BCUT2D eigenvalue weighted by Gasteiger charge is 2.34. The van der Waals surface area contributed by atoms with Gasteiger partial charge in [0.1, 0.15) is 0 Å². The Morgan fingerprint density at radius 3 is 2.75 bits per heavy atom. The summed E-state index contributed by atoms with van der Waals surface area (Å²) in [6.07, 6.45) is 3.73. The number of para-hydroxylation sites is 2. The number of hydrogen-bond donors (Lipinski definition) is 1. The molecule has 0 saturated heterocycles. The lowest BCUT2D eigenvalue weighted by molar-refractivity contribution is -0.119. The lowest BCUT2D eigenvalue weighted by atomic mass is 10.2. The highest BCUT2D eigenvalue weighted by Crippen LogP contribution is 2.34.